The number of ether oxygens (including phenoxy) is 1. The van der Waals surface area contributed by atoms with Crippen molar-refractivity contribution >= 4 is 6.29 Å². The first-order valence-corrected chi connectivity index (χ1v) is 5.48. The van der Waals surface area contributed by atoms with E-state index in [1.54, 1.807) is 7.11 Å². The molecule has 0 saturated heterocycles. The third-order valence-corrected chi connectivity index (χ3v) is 3.09. The summed E-state index contributed by atoms with van der Waals surface area (Å²) in [6.45, 7) is 0. The quantitative estimate of drug-likeness (QED) is 0.703. The molecule has 0 unspecified atom stereocenters. The maximum Gasteiger partial charge on any atom is 0.122 e. The Kier molecular flexibility index (Phi) is 3.05. The van der Waals surface area contributed by atoms with Gasteiger partial charge in [0, 0.05) is 6.42 Å². The van der Waals surface area contributed by atoms with Crippen molar-refractivity contribution in [3.8, 4) is 5.75 Å². The lowest BCUT2D eigenvalue weighted by Gasteiger charge is -2.12. The van der Waals surface area contributed by atoms with Crippen molar-refractivity contribution < 1.29 is 9.53 Å². The number of carbonyl (C=O) groups is 1. The van der Waals surface area contributed by atoms with Crippen LogP contribution in [0.25, 0.3) is 0 Å². The Labute approximate surface area is 90.3 Å². The standard InChI is InChI=1S/C13H16O2/c1-15-13-8-7-10-4-2-5-11(10)12(13)6-3-9-14/h7-9H,2-6H2,1H3. The fourth-order valence-electron chi connectivity index (χ4n) is 2.39. The van der Waals surface area contributed by atoms with E-state index in [1.807, 2.05) is 6.07 Å². The highest BCUT2D eigenvalue weighted by Crippen LogP contribution is 2.32. The van der Waals surface area contributed by atoms with Gasteiger partial charge in [-0.1, -0.05) is 6.07 Å². The van der Waals surface area contributed by atoms with Crippen LogP contribution in [0.2, 0.25) is 0 Å². The molecule has 2 heteroatoms. The molecule has 0 radical (unpaired) electrons. The molecule has 0 aromatic heterocycles. The first kappa shape index (κ1) is 10.2. The Hall–Kier alpha value is -1.31. The Morgan fingerprint density at radius 1 is 1.40 bits per heavy atom. The molecule has 0 spiro atoms. The predicted octanol–water partition coefficient (Wildman–Crippen LogP) is 2.32. The van der Waals surface area contributed by atoms with Gasteiger partial charge in [0.25, 0.3) is 0 Å². The van der Waals surface area contributed by atoms with Gasteiger partial charge in [-0.15, -0.1) is 0 Å². The van der Waals surface area contributed by atoms with Crippen LogP contribution in [0.5, 0.6) is 5.75 Å². The van der Waals surface area contributed by atoms with Crippen LogP contribution < -0.4 is 4.74 Å². The van der Waals surface area contributed by atoms with Gasteiger partial charge < -0.3 is 9.53 Å². The van der Waals surface area contributed by atoms with Crippen LogP contribution in [0.15, 0.2) is 12.1 Å². The summed E-state index contributed by atoms with van der Waals surface area (Å²) in [5.41, 5.74) is 4.12. The summed E-state index contributed by atoms with van der Waals surface area (Å²) in [6.07, 6.45) is 5.93. The van der Waals surface area contributed by atoms with E-state index in [1.165, 1.54) is 29.5 Å². The summed E-state index contributed by atoms with van der Waals surface area (Å²) < 4.78 is 5.35. The molecule has 0 saturated carbocycles. The summed E-state index contributed by atoms with van der Waals surface area (Å²) in [6, 6.07) is 4.19. The molecule has 0 N–H and O–H groups in total. The number of methoxy groups -OCH3 is 1. The van der Waals surface area contributed by atoms with Crippen LogP contribution in [0, 0.1) is 0 Å². The van der Waals surface area contributed by atoms with Gasteiger partial charge in [-0.3, -0.25) is 0 Å². The van der Waals surface area contributed by atoms with Gasteiger partial charge in [0.15, 0.2) is 0 Å². The SMILES string of the molecule is COc1ccc2c(c1CCC=O)CCC2. The average Bonchev–Trinajstić information content (AvgIpc) is 2.73. The van der Waals surface area contributed by atoms with E-state index in [4.69, 9.17) is 4.74 Å². The lowest BCUT2D eigenvalue weighted by Crippen LogP contribution is -1.99. The number of fused-ring (bicyclic) bond motifs is 1. The minimum Gasteiger partial charge on any atom is -0.496 e. The topological polar surface area (TPSA) is 26.3 Å². The third kappa shape index (κ3) is 1.89. The van der Waals surface area contributed by atoms with Crippen molar-refractivity contribution in [3.63, 3.8) is 0 Å². The molecule has 2 rings (SSSR count). The van der Waals surface area contributed by atoms with Crippen molar-refractivity contribution in [2.45, 2.75) is 32.1 Å². The molecule has 0 amide bonds. The number of rotatable bonds is 4. The van der Waals surface area contributed by atoms with Crippen molar-refractivity contribution in [1.82, 2.24) is 0 Å². The molecular formula is C13H16O2. The number of carbonyl (C=O) groups excluding carboxylic acids is 1. The van der Waals surface area contributed by atoms with Crippen LogP contribution >= 0.6 is 0 Å². The summed E-state index contributed by atoms with van der Waals surface area (Å²) in [7, 11) is 1.70. The number of benzene rings is 1. The minimum absolute atomic E-state index is 0.590. The monoisotopic (exact) mass is 204 g/mol. The van der Waals surface area contributed by atoms with E-state index in [2.05, 4.69) is 6.07 Å². The van der Waals surface area contributed by atoms with Gasteiger partial charge in [-0.05, 0) is 48.4 Å². The number of hydrogen-bond acceptors (Lipinski definition) is 2. The second-order valence-corrected chi connectivity index (χ2v) is 3.94. The molecule has 1 aromatic carbocycles. The fourth-order valence-corrected chi connectivity index (χ4v) is 2.39. The molecule has 15 heavy (non-hydrogen) atoms. The lowest BCUT2D eigenvalue weighted by atomic mass is 9.98. The zero-order valence-corrected chi connectivity index (χ0v) is 9.08. The van der Waals surface area contributed by atoms with E-state index in [-0.39, 0.29) is 0 Å². The Balaban J connectivity index is 2.37. The van der Waals surface area contributed by atoms with Crippen LogP contribution in [0.1, 0.15) is 29.5 Å². The third-order valence-electron chi connectivity index (χ3n) is 3.09. The van der Waals surface area contributed by atoms with E-state index < -0.39 is 0 Å². The zero-order chi connectivity index (χ0) is 10.7. The molecule has 0 atom stereocenters. The van der Waals surface area contributed by atoms with Gasteiger partial charge in [0.2, 0.25) is 0 Å². The van der Waals surface area contributed by atoms with Crippen LogP contribution in [0.4, 0.5) is 0 Å². The Morgan fingerprint density at radius 2 is 2.27 bits per heavy atom. The van der Waals surface area contributed by atoms with Gasteiger partial charge in [0.05, 0.1) is 7.11 Å². The molecule has 1 aromatic rings. The molecule has 0 bridgehead atoms. The number of aryl methyl sites for hydroxylation is 1. The van der Waals surface area contributed by atoms with Gasteiger partial charge in [-0.2, -0.15) is 0 Å². The molecule has 1 aliphatic carbocycles. The maximum atomic E-state index is 10.4. The summed E-state index contributed by atoms with van der Waals surface area (Å²) in [5, 5.41) is 0. The number of hydrogen-bond donors (Lipinski definition) is 0. The molecule has 0 aliphatic heterocycles. The molecule has 0 heterocycles. The fraction of sp³-hybridized carbons (Fsp3) is 0.462. The predicted molar refractivity (Wildman–Crippen MR) is 59.4 cm³/mol. The van der Waals surface area contributed by atoms with E-state index in [0.717, 1.165) is 24.9 Å². The smallest absolute Gasteiger partial charge is 0.122 e. The van der Waals surface area contributed by atoms with Crippen molar-refractivity contribution in [2.75, 3.05) is 7.11 Å². The first-order valence-electron chi connectivity index (χ1n) is 5.48. The van der Waals surface area contributed by atoms with Crippen molar-refractivity contribution in [2.24, 2.45) is 0 Å². The van der Waals surface area contributed by atoms with Crippen LogP contribution in [-0.2, 0) is 24.1 Å². The summed E-state index contributed by atoms with van der Waals surface area (Å²) in [4.78, 5) is 10.4. The van der Waals surface area contributed by atoms with Gasteiger partial charge in [-0.25, -0.2) is 0 Å². The van der Waals surface area contributed by atoms with Crippen molar-refractivity contribution in [3.05, 3.63) is 28.8 Å². The zero-order valence-electron chi connectivity index (χ0n) is 9.08. The van der Waals surface area contributed by atoms with Crippen LogP contribution in [-0.4, -0.2) is 13.4 Å². The van der Waals surface area contributed by atoms with Crippen LogP contribution in [0.3, 0.4) is 0 Å². The average molecular weight is 204 g/mol. The van der Waals surface area contributed by atoms with E-state index in [9.17, 15) is 4.79 Å². The molecule has 1 aliphatic rings. The summed E-state index contributed by atoms with van der Waals surface area (Å²) in [5.74, 6) is 0.942. The second-order valence-electron chi connectivity index (χ2n) is 3.94. The second kappa shape index (κ2) is 4.47. The van der Waals surface area contributed by atoms with Crippen molar-refractivity contribution in [1.29, 1.82) is 0 Å². The highest BCUT2D eigenvalue weighted by Gasteiger charge is 2.17. The molecular weight excluding hydrogens is 188 g/mol. The first-order chi connectivity index (χ1) is 7.36. The largest absolute Gasteiger partial charge is 0.496 e. The highest BCUT2D eigenvalue weighted by atomic mass is 16.5. The van der Waals surface area contributed by atoms with Gasteiger partial charge >= 0.3 is 0 Å². The number of aldehydes is 1. The van der Waals surface area contributed by atoms with E-state index >= 15 is 0 Å². The van der Waals surface area contributed by atoms with Gasteiger partial charge in [0.1, 0.15) is 12.0 Å². The lowest BCUT2D eigenvalue weighted by molar-refractivity contribution is -0.107. The molecule has 80 valence electrons. The Morgan fingerprint density at radius 3 is 3.00 bits per heavy atom. The Bertz CT molecular complexity index is 369. The van der Waals surface area contributed by atoms with E-state index in [0.29, 0.717) is 6.42 Å². The maximum absolute atomic E-state index is 10.4. The minimum atomic E-state index is 0.590. The normalized spacial score (nSPS) is 13.7. The highest BCUT2D eigenvalue weighted by molar-refractivity contribution is 5.53. The molecule has 2 nitrogen and oxygen atoms in total. The summed E-state index contributed by atoms with van der Waals surface area (Å²) >= 11 is 0. The molecule has 0 fully saturated rings.